The lowest BCUT2D eigenvalue weighted by Gasteiger charge is -2.18. The normalized spacial score (nSPS) is 14.9. The standard InChI is InChI=1S/C10H14N4OS/c1-3-4-10(2,11)9-13-8(14-15-9)7-5-16-6-12-7/h5-6H,3-4,11H2,1-2H3. The lowest BCUT2D eigenvalue weighted by Crippen LogP contribution is -2.33. The van der Waals surface area contributed by atoms with Gasteiger partial charge in [-0.25, -0.2) is 4.98 Å². The zero-order valence-corrected chi connectivity index (χ0v) is 10.1. The van der Waals surface area contributed by atoms with Crippen molar-refractivity contribution < 1.29 is 4.52 Å². The Morgan fingerprint density at radius 2 is 2.38 bits per heavy atom. The molecule has 0 aliphatic heterocycles. The third-order valence-electron chi connectivity index (χ3n) is 2.35. The topological polar surface area (TPSA) is 77.8 Å². The molecule has 0 saturated carbocycles. The molecule has 1 unspecified atom stereocenters. The molecule has 2 N–H and O–H groups in total. The highest BCUT2D eigenvalue weighted by Gasteiger charge is 2.27. The number of aromatic nitrogens is 3. The highest BCUT2D eigenvalue weighted by molar-refractivity contribution is 7.07. The van der Waals surface area contributed by atoms with Crippen molar-refractivity contribution >= 4 is 11.3 Å². The number of nitrogens with zero attached hydrogens (tertiary/aromatic N) is 3. The highest BCUT2D eigenvalue weighted by atomic mass is 32.1. The Morgan fingerprint density at radius 1 is 1.56 bits per heavy atom. The summed E-state index contributed by atoms with van der Waals surface area (Å²) in [5.74, 6) is 0.973. The molecule has 0 radical (unpaired) electrons. The number of nitrogens with two attached hydrogens (primary N) is 1. The van der Waals surface area contributed by atoms with E-state index in [1.54, 1.807) is 5.51 Å². The van der Waals surface area contributed by atoms with Crippen molar-refractivity contribution in [1.29, 1.82) is 0 Å². The molecule has 2 aromatic rings. The minimum atomic E-state index is -0.560. The fourth-order valence-corrected chi connectivity index (χ4v) is 2.04. The van der Waals surface area contributed by atoms with Gasteiger partial charge in [-0.2, -0.15) is 4.98 Å². The SMILES string of the molecule is CCCC(C)(N)c1nc(-c2cscn2)no1. The van der Waals surface area contributed by atoms with Gasteiger partial charge in [0.25, 0.3) is 0 Å². The Morgan fingerprint density at radius 3 is 3.00 bits per heavy atom. The molecule has 0 aromatic carbocycles. The first-order valence-corrected chi connectivity index (χ1v) is 6.09. The van der Waals surface area contributed by atoms with E-state index in [0.717, 1.165) is 18.5 Å². The summed E-state index contributed by atoms with van der Waals surface area (Å²) in [6.07, 6.45) is 1.78. The number of hydrogen-bond donors (Lipinski definition) is 1. The highest BCUT2D eigenvalue weighted by Crippen LogP contribution is 2.24. The molecule has 5 nitrogen and oxygen atoms in total. The molecular weight excluding hydrogens is 224 g/mol. The van der Waals surface area contributed by atoms with Crippen LogP contribution in [0.15, 0.2) is 15.4 Å². The molecule has 2 rings (SSSR count). The van der Waals surface area contributed by atoms with E-state index >= 15 is 0 Å². The summed E-state index contributed by atoms with van der Waals surface area (Å²) in [5.41, 5.74) is 8.01. The van der Waals surface area contributed by atoms with Crippen LogP contribution in [0.25, 0.3) is 11.5 Å². The van der Waals surface area contributed by atoms with Crippen LogP contribution in [0.3, 0.4) is 0 Å². The third kappa shape index (κ3) is 2.12. The molecule has 2 heterocycles. The monoisotopic (exact) mass is 238 g/mol. The van der Waals surface area contributed by atoms with Crippen molar-refractivity contribution in [2.45, 2.75) is 32.2 Å². The van der Waals surface area contributed by atoms with Crippen LogP contribution in [0.2, 0.25) is 0 Å². The van der Waals surface area contributed by atoms with Crippen molar-refractivity contribution in [1.82, 2.24) is 15.1 Å². The van der Waals surface area contributed by atoms with Gasteiger partial charge in [0.05, 0.1) is 11.0 Å². The van der Waals surface area contributed by atoms with E-state index in [-0.39, 0.29) is 0 Å². The molecule has 0 amide bonds. The van der Waals surface area contributed by atoms with Gasteiger partial charge in [-0.1, -0.05) is 18.5 Å². The summed E-state index contributed by atoms with van der Waals surface area (Å²) >= 11 is 1.50. The van der Waals surface area contributed by atoms with E-state index in [1.165, 1.54) is 11.3 Å². The van der Waals surface area contributed by atoms with Crippen molar-refractivity contribution in [2.24, 2.45) is 5.73 Å². The molecule has 0 bridgehead atoms. The molecule has 0 saturated heterocycles. The van der Waals surface area contributed by atoms with Gasteiger partial charge in [0.2, 0.25) is 11.7 Å². The summed E-state index contributed by atoms with van der Waals surface area (Å²) in [4.78, 5) is 8.40. The van der Waals surface area contributed by atoms with Crippen molar-refractivity contribution in [3.05, 3.63) is 16.8 Å². The van der Waals surface area contributed by atoms with Crippen LogP contribution in [-0.4, -0.2) is 15.1 Å². The Kier molecular flexibility index (Phi) is 3.02. The van der Waals surface area contributed by atoms with Crippen LogP contribution < -0.4 is 5.73 Å². The number of rotatable bonds is 4. The smallest absolute Gasteiger partial charge is 0.246 e. The summed E-state index contributed by atoms with van der Waals surface area (Å²) in [5, 5.41) is 5.76. The first-order valence-electron chi connectivity index (χ1n) is 5.15. The Balaban J connectivity index is 2.26. The minimum absolute atomic E-state index is 0.470. The maximum Gasteiger partial charge on any atom is 0.246 e. The average molecular weight is 238 g/mol. The van der Waals surface area contributed by atoms with E-state index < -0.39 is 5.54 Å². The summed E-state index contributed by atoms with van der Waals surface area (Å²) in [6.45, 7) is 3.97. The van der Waals surface area contributed by atoms with Crippen molar-refractivity contribution in [3.8, 4) is 11.5 Å². The Labute approximate surface area is 97.7 Å². The van der Waals surface area contributed by atoms with Gasteiger partial charge < -0.3 is 10.3 Å². The second kappa shape index (κ2) is 4.31. The molecule has 0 spiro atoms. The van der Waals surface area contributed by atoms with E-state index in [9.17, 15) is 0 Å². The minimum Gasteiger partial charge on any atom is -0.337 e. The van der Waals surface area contributed by atoms with Gasteiger partial charge in [0.15, 0.2) is 0 Å². The van der Waals surface area contributed by atoms with Crippen LogP contribution in [0, 0.1) is 0 Å². The van der Waals surface area contributed by atoms with Crippen molar-refractivity contribution in [3.63, 3.8) is 0 Å². The maximum atomic E-state index is 6.10. The van der Waals surface area contributed by atoms with Crippen LogP contribution in [0.4, 0.5) is 0 Å². The van der Waals surface area contributed by atoms with E-state index in [1.807, 2.05) is 12.3 Å². The van der Waals surface area contributed by atoms with Gasteiger partial charge in [-0.3, -0.25) is 0 Å². The summed E-state index contributed by atoms with van der Waals surface area (Å²) in [7, 11) is 0. The number of thiazole rings is 1. The molecule has 16 heavy (non-hydrogen) atoms. The fourth-order valence-electron chi connectivity index (χ4n) is 1.51. The molecule has 1 atom stereocenters. The lowest BCUT2D eigenvalue weighted by atomic mass is 9.98. The first kappa shape index (κ1) is 11.2. The summed E-state index contributed by atoms with van der Waals surface area (Å²) in [6, 6.07) is 0. The molecule has 0 aliphatic carbocycles. The Hall–Kier alpha value is -1.27. The van der Waals surface area contributed by atoms with Gasteiger partial charge in [-0.15, -0.1) is 11.3 Å². The molecule has 0 aliphatic rings. The van der Waals surface area contributed by atoms with Crippen LogP contribution in [0.5, 0.6) is 0 Å². The predicted molar refractivity (Wildman–Crippen MR) is 61.9 cm³/mol. The molecule has 86 valence electrons. The van der Waals surface area contributed by atoms with Gasteiger partial charge in [-0.05, 0) is 13.3 Å². The largest absolute Gasteiger partial charge is 0.337 e. The molecule has 0 fully saturated rings. The average Bonchev–Trinajstić information content (AvgIpc) is 2.89. The molecule has 6 heteroatoms. The molecular formula is C10H14N4OS. The fraction of sp³-hybridized carbons (Fsp3) is 0.500. The lowest BCUT2D eigenvalue weighted by molar-refractivity contribution is 0.284. The molecule has 2 aromatic heterocycles. The summed E-state index contributed by atoms with van der Waals surface area (Å²) < 4.78 is 5.18. The Bertz CT molecular complexity index is 449. The second-order valence-corrected chi connectivity index (χ2v) is 4.68. The van der Waals surface area contributed by atoms with Crippen LogP contribution >= 0.6 is 11.3 Å². The van der Waals surface area contributed by atoms with Crippen molar-refractivity contribution in [2.75, 3.05) is 0 Å². The quantitative estimate of drug-likeness (QED) is 0.883. The maximum absolute atomic E-state index is 6.10. The van der Waals surface area contributed by atoms with Gasteiger partial charge in [0, 0.05) is 5.38 Å². The van der Waals surface area contributed by atoms with Gasteiger partial charge in [0.1, 0.15) is 5.69 Å². The van der Waals surface area contributed by atoms with Gasteiger partial charge >= 0.3 is 0 Å². The van der Waals surface area contributed by atoms with E-state index in [0.29, 0.717) is 11.7 Å². The van der Waals surface area contributed by atoms with Crippen LogP contribution in [-0.2, 0) is 5.54 Å². The predicted octanol–water partition coefficient (Wildman–Crippen LogP) is 2.17. The third-order valence-corrected chi connectivity index (χ3v) is 2.93. The number of hydrogen-bond acceptors (Lipinski definition) is 6. The van der Waals surface area contributed by atoms with E-state index in [4.69, 9.17) is 10.3 Å². The first-order chi connectivity index (χ1) is 7.63. The second-order valence-electron chi connectivity index (χ2n) is 3.96. The van der Waals surface area contributed by atoms with Crippen LogP contribution in [0.1, 0.15) is 32.6 Å². The zero-order valence-electron chi connectivity index (χ0n) is 9.30. The van der Waals surface area contributed by atoms with E-state index in [2.05, 4.69) is 22.0 Å². The zero-order chi connectivity index (χ0) is 11.6.